The number of likely N-dealkylation sites (tertiary alicyclic amines) is 2. The minimum atomic E-state index is -4.17. The number of carboxylic acid groups (broad SMARTS) is 1. The van der Waals surface area contributed by atoms with Gasteiger partial charge >= 0.3 is 5.97 Å². The maximum absolute atomic E-state index is 15.6. The molecule has 29 heteroatoms. The summed E-state index contributed by atoms with van der Waals surface area (Å²) < 4.78 is 44.2. The average Bonchev–Trinajstić information content (AvgIpc) is 1.55. The van der Waals surface area contributed by atoms with Crippen molar-refractivity contribution in [2.24, 2.45) is 16.7 Å². The van der Waals surface area contributed by atoms with Gasteiger partial charge in [-0.05, 0) is 138 Å². The van der Waals surface area contributed by atoms with E-state index < -0.39 is 152 Å². The predicted molar refractivity (Wildman–Crippen MR) is 438 cm³/mol. The van der Waals surface area contributed by atoms with E-state index in [0.717, 1.165) is 27.3 Å². The molecule has 1 saturated carbocycles. The van der Waals surface area contributed by atoms with Crippen LogP contribution in [0.3, 0.4) is 0 Å². The molecule has 15 rings (SSSR count). The Morgan fingerprint density at radius 1 is 0.586 bits per heavy atom. The molecule has 6 aromatic rings. The Morgan fingerprint density at radius 3 is 1.55 bits per heavy atom. The van der Waals surface area contributed by atoms with Crippen LogP contribution in [0.25, 0.3) is 21.5 Å². The first-order valence-corrected chi connectivity index (χ1v) is 41.4. The number of amides is 9. The minimum absolute atomic E-state index is 0.0252. The van der Waals surface area contributed by atoms with Gasteiger partial charge in [0.15, 0.2) is 0 Å². The second-order valence-corrected chi connectivity index (χ2v) is 35.6. The van der Waals surface area contributed by atoms with Crippen molar-refractivity contribution in [3.05, 3.63) is 180 Å². The second-order valence-electron chi connectivity index (χ2n) is 33.6. The number of allylic oxidation sites excluding steroid dienone is 1. The van der Waals surface area contributed by atoms with Crippen LogP contribution < -0.4 is 56.7 Å². The van der Waals surface area contributed by atoms with E-state index in [0.29, 0.717) is 58.7 Å². The third kappa shape index (κ3) is 20.2. The van der Waals surface area contributed by atoms with Crippen molar-refractivity contribution >= 4 is 96.4 Å². The monoisotopic (exact) mass is 1610 g/mol. The highest BCUT2D eigenvalue weighted by Gasteiger charge is 2.60. The number of rotatable bonds is 16. The quantitative estimate of drug-likeness (QED) is 0.0448. The van der Waals surface area contributed by atoms with Crippen LogP contribution in [0.5, 0.6) is 11.5 Å². The van der Waals surface area contributed by atoms with E-state index in [1.165, 1.54) is 9.80 Å². The molecule has 116 heavy (non-hydrogen) atoms. The topological polar surface area (TPSA) is 365 Å². The summed E-state index contributed by atoms with van der Waals surface area (Å²) in [7, 11) is -0.929. The first kappa shape index (κ1) is 84.4. The zero-order valence-electron chi connectivity index (χ0n) is 67.6. The van der Waals surface area contributed by atoms with Gasteiger partial charge in [0, 0.05) is 58.2 Å². The van der Waals surface area contributed by atoms with E-state index in [9.17, 15) is 32.7 Å². The lowest BCUT2D eigenvalue weighted by molar-refractivity contribution is -0.625. The number of carboxylic acids is 1. The summed E-state index contributed by atoms with van der Waals surface area (Å²) in [5.74, 6) is -6.85. The molecule has 2 saturated heterocycles. The fraction of sp³-hybridized carbons (Fsp3) is 0.460. The molecular formula is C87H108N13O15S+. The Morgan fingerprint density at radius 2 is 1.06 bits per heavy atom. The van der Waals surface area contributed by atoms with Crippen LogP contribution in [0.1, 0.15) is 117 Å². The smallest absolute Gasteiger partial charge is 0.326 e. The number of ether oxygens (including phenoxy) is 2. The van der Waals surface area contributed by atoms with Crippen molar-refractivity contribution in [1.82, 2.24) is 62.1 Å². The number of likely N-dealkylation sites (N-methyl/N-ethyl adjacent to an activating group) is 2. The van der Waals surface area contributed by atoms with Crippen LogP contribution in [0.4, 0.5) is 0 Å². The van der Waals surface area contributed by atoms with Gasteiger partial charge in [0.05, 0.1) is 17.3 Å². The molecule has 3 fully saturated rings. The number of benzene rings is 6. The molecule has 0 aromatic heterocycles. The fourth-order valence-corrected chi connectivity index (χ4v) is 16.9. The Hall–Kier alpha value is -11.0. The van der Waals surface area contributed by atoms with Gasteiger partial charge in [-0.2, -0.15) is 0 Å². The van der Waals surface area contributed by atoms with Gasteiger partial charge in [-0.15, -0.1) is 5.01 Å². The molecule has 6 aromatic carbocycles. The Kier molecular flexibility index (Phi) is 25.9. The zero-order valence-corrected chi connectivity index (χ0v) is 68.4. The van der Waals surface area contributed by atoms with Crippen LogP contribution >= 0.6 is 0 Å². The maximum Gasteiger partial charge on any atom is 0.326 e. The Balaban J connectivity index is 0.889. The Bertz CT molecular complexity index is 4960. The molecule has 8 heterocycles. The second kappa shape index (κ2) is 35.6. The third-order valence-corrected chi connectivity index (χ3v) is 24.7. The van der Waals surface area contributed by atoms with Crippen molar-refractivity contribution in [3.63, 3.8) is 0 Å². The summed E-state index contributed by atoms with van der Waals surface area (Å²) in [6, 6.07) is 27.2. The molecule has 10 N–H and O–H groups in total. The van der Waals surface area contributed by atoms with Crippen LogP contribution in [0.2, 0.25) is 0 Å². The normalized spacial score (nSPS) is 23.7. The summed E-state index contributed by atoms with van der Waals surface area (Å²) in [5, 5.41) is 38.9. The number of hydrogen-bond acceptors (Lipinski definition) is 17. The molecule has 9 aliphatic rings. The van der Waals surface area contributed by atoms with Crippen LogP contribution in [0, 0.1) is 16.7 Å². The molecule has 8 bridgehead atoms. The number of aliphatic carboxylic acids is 1. The lowest BCUT2D eigenvalue weighted by Gasteiger charge is -2.36. The molecule has 1 aliphatic carbocycles. The number of hydrazine groups is 1. The lowest BCUT2D eigenvalue weighted by Crippen LogP contribution is -2.61. The summed E-state index contributed by atoms with van der Waals surface area (Å²) >= 11 is 0. The molecule has 13 unspecified atom stereocenters. The SMILES string of the molecule is CNC(C)C(=O)NC(C(=O)N1CC2CC1C(=O)NC(Cc1ccc3ccccc3c1)C(=O)NC(C(=O)O)Cc1ccc(cc1)OCC=CCC1CC(C(=O)NC(Cc3ccc4ccccc4c3)C(=O)NC(C(=O)NS(=O)(=O)C3CC3)Cc3ccc(cc3)OCC3=CC4C(C)=[N+]4N32)N(C(=O)C(NC(=O)C(C)NC)C(C)(C)C)C1)C(C)(C)C. The van der Waals surface area contributed by atoms with E-state index in [4.69, 9.17) is 9.47 Å². The van der Waals surface area contributed by atoms with Gasteiger partial charge in [-0.3, -0.25) is 47.9 Å². The maximum atomic E-state index is 15.6. The molecular weight excluding hydrogens is 1500 g/mol. The van der Waals surface area contributed by atoms with E-state index in [1.807, 2.05) is 155 Å². The van der Waals surface area contributed by atoms with Gasteiger partial charge < -0.3 is 66.9 Å². The number of sulfonamides is 1. The summed E-state index contributed by atoms with van der Waals surface area (Å²) in [6.07, 6.45) is 6.26. The van der Waals surface area contributed by atoms with Crippen molar-refractivity contribution in [3.8, 4) is 11.5 Å². The highest BCUT2D eigenvalue weighted by atomic mass is 32.2. The molecule has 0 spiro atoms. The fourth-order valence-electron chi connectivity index (χ4n) is 15.6. The van der Waals surface area contributed by atoms with Gasteiger partial charge in [-0.1, -0.05) is 168 Å². The van der Waals surface area contributed by atoms with E-state index in [-0.39, 0.29) is 76.8 Å². The Labute approximate surface area is 676 Å². The summed E-state index contributed by atoms with van der Waals surface area (Å²) in [4.78, 5) is 151. The highest BCUT2D eigenvalue weighted by Crippen LogP contribution is 2.38. The van der Waals surface area contributed by atoms with E-state index in [2.05, 4.69) is 47.3 Å². The van der Waals surface area contributed by atoms with Crippen molar-refractivity contribution < 1.29 is 75.6 Å². The number of nitrogens with zero attached hydrogens (tertiary/aromatic N) is 4. The molecule has 13 atom stereocenters. The molecule has 28 nitrogen and oxygen atoms in total. The minimum Gasteiger partial charge on any atom is -0.490 e. The van der Waals surface area contributed by atoms with Gasteiger partial charge in [-0.25, -0.2) is 13.2 Å². The third-order valence-electron chi connectivity index (χ3n) is 22.8. The molecule has 0 radical (unpaired) electrons. The number of fused-ring (bicyclic) bond motifs is 3. The number of carbonyl (C=O) groups excluding carboxylic acids is 9. The number of hydrogen-bond donors (Lipinski definition) is 10. The lowest BCUT2D eigenvalue weighted by atomic mass is 9.85. The molecule has 8 aliphatic heterocycles. The van der Waals surface area contributed by atoms with E-state index >= 15 is 28.8 Å². The van der Waals surface area contributed by atoms with E-state index in [1.54, 1.807) is 82.5 Å². The van der Waals surface area contributed by atoms with Crippen molar-refractivity contribution in [2.45, 2.75) is 198 Å². The summed E-state index contributed by atoms with van der Waals surface area (Å²) in [5.41, 5.74) is 2.21. The number of hydrazone groups is 1. The molecule has 9 amide bonds. The zero-order chi connectivity index (χ0) is 83.2. The van der Waals surface area contributed by atoms with Crippen LogP contribution in [-0.4, -0.2) is 216 Å². The van der Waals surface area contributed by atoms with Gasteiger partial charge in [0.1, 0.15) is 84.8 Å². The highest BCUT2D eigenvalue weighted by molar-refractivity contribution is 7.91. The van der Waals surface area contributed by atoms with Crippen LogP contribution in [0.15, 0.2) is 157 Å². The van der Waals surface area contributed by atoms with Crippen molar-refractivity contribution in [1.29, 1.82) is 0 Å². The van der Waals surface area contributed by atoms with Gasteiger partial charge in [0.25, 0.3) is 17.7 Å². The van der Waals surface area contributed by atoms with Gasteiger partial charge in [0.2, 0.25) is 57.3 Å². The standard InChI is InChI=1S/C87H107N13O15S/c1-50(88-10)76(101)94-74(86(4,5)6)83(108)97-47-57-18-16-17-37-114-64-31-25-54(26-32-64)41-70(85(110)111)93-79(104)68(43-56-24-30-59-20-13-15-22-61(59)39-56)92-82(107)73-45-62(48-98(73)84(109)75(87(7,8)9)95-77(102)51(2)89-11)100-63(46-71-52(3)99(71)100)49-115-65-33-27-53(28-34-65)40-69(80(105)96-116(112,113)66-35-36-66)90-78(103)67(91-81(106)72(97)44-57)42-55-23-29-58-19-12-14-21-60(58)38-55/h12-17,19-34,38-39,46,50-51,57,62,66-75,88-89H,18,35-37,40-45,47-49H2,1-11H3,(H7-,90,91,92,93,94,95,96,101,102,103,104,105,106,107,110,111)/p+1. The number of carbonyl (C=O) groups is 10. The first-order chi connectivity index (χ1) is 55.1. The van der Waals surface area contributed by atoms with Crippen molar-refractivity contribution in [2.75, 3.05) is 40.4 Å². The molecule has 616 valence electrons. The largest absolute Gasteiger partial charge is 0.490 e. The van der Waals surface area contributed by atoms with Crippen LogP contribution in [-0.2, 0) is 83.7 Å². The average molecular weight is 1610 g/mol. The number of nitrogens with one attached hydrogen (secondary N) is 9. The summed E-state index contributed by atoms with van der Waals surface area (Å²) in [6.45, 7) is 16.2. The predicted octanol–water partition coefficient (Wildman–Crippen LogP) is 5.05. The first-order valence-electron chi connectivity index (χ1n) is 39.9.